The number of nitrogens with one attached hydrogen (secondary N) is 2. The number of ketones is 1. The van der Waals surface area contributed by atoms with Gasteiger partial charge < -0.3 is 10.6 Å². The Kier molecular flexibility index (Phi) is 4.99. The molecule has 0 aliphatic rings. The number of rotatable bonds is 6. The first-order valence-electron chi connectivity index (χ1n) is 7.96. The van der Waals surface area contributed by atoms with E-state index in [0.29, 0.717) is 23.9 Å². The smallest absolute Gasteiger partial charge is 0.225 e. The summed E-state index contributed by atoms with van der Waals surface area (Å²) in [6, 6.07) is 13.1. The van der Waals surface area contributed by atoms with E-state index in [1.165, 1.54) is 0 Å². The quantitative estimate of drug-likeness (QED) is 0.669. The van der Waals surface area contributed by atoms with Crippen LogP contribution in [0.25, 0.3) is 0 Å². The largest absolute Gasteiger partial charge is 0.350 e. The minimum Gasteiger partial charge on any atom is -0.350 e. The Balaban J connectivity index is 1.75. The summed E-state index contributed by atoms with van der Waals surface area (Å²) < 4.78 is 0. The van der Waals surface area contributed by atoms with Gasteiger partial charge in [-0.1, -0.05) is 18.2 Å². The molecule has 2 heterocycles. The number of benzene rings is 1. The molecule has 0 amide bonds. The summed E-state index contributed by atoms with van der Waals surface area (Å²) in [6.45, 7) is 4.05. The lowest BCUT2D eigenvalue weighted by molar-refractivity contribution is 0.101. The van der Waals surface area contributed by atoms with Crippen LogP contribution in [-0.4, -0.2) is 20.7 Å². The Morgan fingerprint density at radius 3 is 2.76 bits per heavy atom. The number of aryl methyl sites for hydroxylation is 1. The molecule has 0 atom stereocenters. The fourth-order valence-corrected chi connectivity index (χ4v) is 2.36. The third-order valence-corrected chi connectivity index (χ3v) is 3.57. The van der Waals surface area contributed by atoms with Gasteiger partial charge in [0.2, 0.25) is 5.95 Å². The highest BCUT2D eigenvalue weighted by atomic mass is 16.1. The lowest BCUT2D eigenvalue weighted by Gasteiger charge is -2.10. The third kappa shape index (κ3) is 4.60. The van der Waals surface area contributed by atoms with E-state index in [0.717, 1.165) is 16.9 Å². The van der Waals surface area contributed by atoms with Crippen LogP contribution in [0.15, 0.2) is 54.9 Å². The molecule has 3 aromatic rings. The van der Waals surface area contributed by atoms with Crippen molar-refractivity contribution in [2.45, 2.75) is 20.4 Å². The molecule has 2 N–H and O–H groups in total. The SMILES string of the molecule is CC(=O)c1cccc(Nc2cc(C)nc(NCc3cccnc3)n2)c1. The van der Waals surface area contributed by atoms with Gasteiger partial charge >= 0.3 is 0 Å². The number of carbonyl (C=O) groups is 1. The highest BCUT2D eigenvalue weighted by molar-refractivity contribution is 5.95. The Bertz CT molecular complexity index is 880. The summed E-state index contributed by atoms with van der Waals surface area (Å²) in [5.74, 6) is 1.23. The van der Waals surface area contributed by atoms with Crippen molar-refractivity contribution in [2.24, 2.45) is 0 Å². The van der Waals surface area contributed by atoms with Gasteiger partial charge in [0.1, 0.15) is 5.82 Å². The summed E-state index contributed by atoms with van der Waals surface area (Å²) in [5, 5.41) is 6.42. The first kappa shape index (κ1) is 16.6. The molecule has 0 radical (unpaired) electrons. The van der Waals surface area contributed by atoms with Crippen molar-refractivity contribution in [1.29, 1.82) is 0 Å². The molecular weight excluding hydrogens is 314 g/mol. The van der Waals surface area contributed by atoms with Gasteiger partial charge in [-0.15, -0.1) is 0 Å². The average Bonchev–Trinajstić information content (AvgIpc) is 2.60. The first-order chi connectivity index (χ1) is 12.1. The van der Waals surface area contributed by atoms with Crippen LogP contribution in [-0.2, 0) is 6.54 Å². The normalized spacial score (nSPS) is 10.3. The van der Waals surface area contributed by atoms with Crippen molar-refractivity contribution in [3.8, 4) is 0 Å². The minimum atomic E-state index is 0.0290. The van der Waals surface area contributed by atoms with Gasteiger partial charge in [0.25, 0.3) is 0 Å². The van der Waals surface area contributed by atoms with Crippen molar-refractivity contribution >= 4 is 23.2 Å². The molecule has 2 aromatic heterocycles. The van der Waals surface area contributed by atoms with Crippen LogP contribution in [0, 0.1) is 6.92 Å². The molecule has 0 saturated carbocycles. The average molecular weight is 333 g/mol. The zero-order chi connectivity index (χ0) is 17.6. The standard InChI is InChI=1S/C19H19N5O/c1-13-9-18(23-17-7-3-6-16(10-17)14(2)25)24-19(22-13)21-12-15-5-4-8-20-11-15/h3-11H,12H2,1-2H3,(H2,21,22,23,24). The van der Waals surface area contributed by atoms with Crippen LogP contribution >= 0.6 is 0 Å². The topological polar surface area (TPSA) is 79.8 Å². The maximum Gasteiger partial charge on any atom is 0.225 e. The van der Waals surface area contributed by atoms with Gasteiger partial charge in [-0.25, -0.2) is 4.98 Å². The predicted octanol–water partition coefficient (Wildman–Crippen LogP) is 3.74. The molecule has 1 aromatic carbocycles. The van der Waals surface area contributed by atoms with E-state index in [4.69, 9.17) is 0 Å². The van der Waals surface area contributed by atoms with Crippen LogP contribution < -0.4 is 10.6 Å². The van der Waals surface area contributed by atoms with E-state index in [2.05, 4.69) is 25.6 Å². The summed E-state index contributed by atoms with van der Waals surface area (Å²) in [4.78, 5) is 24.5. The number of Topliss-reactive ketones (excluding diaryl/α,β-unsaturated/α-hetero) is 1. The lowest BCUT2D eigenvalue weighted by atomic mass is 10.1. The molecule has 0 bridgehead atoms. The fourth-order valence-electron chi connectivity index (χ4n) is 2.36. The Morgan fingerprint density at radius 2 is 2.00 bits per heavy atom. The lowest BCUT2D eigenvalue weighted by Crippen LogP contribution is -2.06. The molecule has 0 fully saturated rings. The number of carbonyl (C=O) groups excluding carboxylic acids is 1. The van der Waals surface area contributed by atoms with E-state index in [1.807, 2.05) is 43.3 Å². The minimum absolute atomic E-state index is 0.0290. The molecule has 0 spiro atoms. The Hall–Kier alpha value is -3.28. The van der Waals surface area contributed by atoms with E-state index >= 15 is 0 Å². The number of hydrogen-bond acceptors (Lipinski definition) is 6. The highest BCUT2D eigenvalue weighted by Crippen LogP contribution is 2.18. The second kappa shape index (κ2) is 7.53. The molecule has 25 heavy (non-hydrogen) atoms. The van der Waals surface area contributed by atoms with Crippen LogP contribution in [0.1, 0.15) is 28.5 Å². The summed E-state index contributed by atoms with van der Waals surface area (Å²) in [6.07, 6.45) is 3.54. The second-order valence-corrected chi connectivity index (χ2v) is 5.69. The number of nitrogens with zero attached hydrogens (tertiary/aromatic N) is 3. The van der Waals surface area contributed by atoms with Gasteiger partial charge in [0.05, 0.1) is 0 Å². The Labute approximate surface area is 146 Å². The van der Waals surface area contributed by atoms with Crippen molar-refractivity contribution in [2.75, 3.05) is 10.6 Å². The number of anilines is 3. The van der Waals surface area contributed by atoms with Gasteiger partial charge in [-0.3, -0.25) is 9.78 Å². The third-order valence-electron chi connectivity index (χ3n) is 3.57. The molecule has 0 unspecified atom stereocenters. The first-order valence-corrected chi connectivity index (χ1v) is 7.96. The van der Waals surface area contributed by atoms with Gasteiger partial charge in [0, 0.05) is 41.9 Å². The van der Waals surface area contributed by atoms with Crippen LogP contribution in [0.4, 0.5) is 17.5 Å². The zero-order valence-electron chi connectivity index (χ0n) is 14.2. The number of aromatic nitrogens is 3. The number of pyridine rings is 1. The maximum atomic E-state index is 11.5. The number of hydrogen-bond donors (Lipinski definition) is 2. The summed E-state index contributed by atoms with van der Waals surface area (Å²) >= 11 is 0. The Morgan fingerprint density at radius 1 is 1.12 bits per heavy atom. The molecule has 126 valence electrons. The zero-order valence-corrected chi connectivity index (χ0v) is 14.2. The molecule has 0 aliphatic heterocycles. The van der Waals surface area contributed by atoms with E-state index in [9.17, 15) is 4.79 Å². The molecule has 3 rings (SSSR count). The van der Waals surface area contributed by atoms with Crippen molar-refractivity contribution in [3.05, 3.63) is 71.7 Å². The molecular formula is C19H19N5O. The summed E-state index contributed by atoms with van der Waals surface area (Å²) in [7, 11) is 0. The predicted molar refractivity (Wildman–Crippen MR) is 98.1 cm³/mol. The van der Waals surface area contributed by atoms with Gasteiger partial charge in [-0.2, -0.15) is 4.98 Å². The molecule has 6 heteroatoms. The van der Waals surface area contributed by atoms with Crippen LogP contribution in [0.5, 0.6) is 0 Å². The van der Waals surface area contributed by atoms with Crippen molar-refractivity contribution in [3.63, 3.8) is 0 Å². The molecule has 0 aliphatic carbocycles. The van der Waals surface area contributed by atoms with Crippen LogP contribution in [0.2, 0.25) is 0 Å². The van der Waals surface area contributed by atoms with Crippen LogP contribution in [0.3, 0.4) is 0 Å². The van der Waals surface area contributed by atoms with E-state index < -0.39 is 0 Å². The monoisotopic (exact) mass is 333 g/mol. The van der Waals surface area contributed by atoms with Crippen molar-refractivity contribution in [1.82, 2.24) is 15.0 Å². The highest BCUT2D eigenvalue weighted by Gasteiger charge is 2.05. The maximum absolute atomic E-state index is 11.5. The van der Waals surface area contributed by atoms with Crippen molar-refractivity contribution < 1.29 is 4.79 Å². The second-order valence-electron chi connectivity index (χ2n) is 5.69. The van der Waals surface area contributed by atoms with E-state index in [1.54, 1.807) is 25.4 Å². The van der Waals surface area contributed by atoms with Gasteiger partial charge in [0.15, 0.2) is 5.78 Å². The molecule has 0 saturated heterocycles. The molecule has 6 nitrogen and oxygen atoms in total. The fraction of sp³-hybridized carbons (Fsp3) is 0.158. The summed E-state index contributed by atoms with van der Waals surface area (Å²) in [5.41, 5.74) is 3.36. The van der Waals surface area contributed by atoms with E-state index in [-0.39, 0.29) is 5.78 Å². The van der Waals surface area contributed by atoms with Gasteiger partial charge in [-0.05, 0) is 37.6 Å².